The molecule has 2 amide bonds. The Kier molecular flexibility index (Phi) is 6.35. The van der Waals surface area contributed by atoms with E-state index in [9.17, 15) is 14.9 Å². The van der Waals surface area contributed by atoms with E-state index in [1.54, 1.807) is 12.1 Å². The van der Waals surface area contributed by atoms with E-state index in [1.807, 2.05) is 0 Å². The summed E-state index contributed by atoms with van der Waals surface area (Å²) in [6, 6.07) is 5.66. The fraction of sp³-hybridized carbons (Fsp3) is 0.462. The molecule has 2 N–H and O–H groups in total. The number of anilines is 1. The average molecular weight is 265 g/mol. The summed E-state index contributed by atoms with van der Waals surface area (Å²) in [5.74, 6) is 0. The molecule has 1 aromatic carbocycles. The summed E-state index contributed by atoms with van der Waals surface area (Å²) in [6.45, 7) is 2.70. The molecule has 0 aliphatic carbocycles. The largest absolute Gasteiger partial charge is 0.338 e. The van der Waals surface area contributed by atoms with Crippen LogP contribution in [0.5, 0.6) is 0 Å². The van der Waals surface area contributed by atoms with Gasteiger partial charge in [-0.15, -0.1) is 0 Å². The third-order valence-corrected chi connectivity index (χ3v) is 2.66. The highest BCUT2D eigenvalue weighted by molar-refractivity contribution is 5.91. The Balaban J connectivity index is 2.42. The molecule has 0 radical (unpaired) electrons. The van der Waals surface area contributed by atoms with Crippen molar-refractivity contribution < 1.29 is 9.72 Å². The Morgan fingerprint density at radius 2 is 2.00 bits per heavy atom. The molecule has 6 heteroatoms. The third-order valence-electron chi connectivity index (χ3n) is 2.66. The summed E-state index contributed by atoms with van der Waals surface area (Å²) >= 11 is 0. The van der Waals surface area contributed by atoms with Crippen molar-refractivity contribution in [1.82, 2.24) is 5.32 Å². The third kappa shape index (κ3) is 5.37. The van der Waals surface area contributed by atoms with Gasteiger partial charge < -0.3 is 10.6 Å². The lowest BCUT2D eigenvalue weighted by molar-refractivity contribution is -0.383. The van der Waals surface area contributed by atoms with Crippen LogP contribution in [0.25, 0.3) is 0 Å². The number of rotatable bonds is 7. The number of nitrogens with zero attached hydrogens (tertiary/aromatic N) is 1. The molecule has 6 nitrogen and oxygen atoms in total. The van der Waals surface area contributed by atoms with Crippen molar-refractivity contribution in [2.45, 2.75) is 32.6 Å². The van der Waals surface area contributed by atoms with E-state index in [4.69, 9.17) is 0 Å². The van der Waals surface area contributed by atoms with Crippen molar-refractivity contribution in [3.05, 3.63) is 34.4 Å². The maximum absolute atomic E-state index is 11.6. The first-order valence-corrected chi connectivity index (χ1v) is 6.43. The van der Waals surface area contributed by atoms with Crippen molar-refractivity contribution in [3.63, 3.8) is 0 Å². The van der Waals surface area contributed by atoms with Crippen molar-refractivity contribution in [2.24, 2.45) is 0 Å². The number of nitrogens with one attached hydrogen (secondary N) is 2. The number of para-hydroxylation sites is 2. The highest BCUT2D eigenvalue weighted by atomic mass is 16.6. The number of amides is 2. The number of nitro groups is 1. The van der Waals surface area contributed by atoms with Gasteiger partial charge in [-0.25, -0.2) is 4.79 Å². The maximum atomic E-state index is 11.6. The first-order valence-electron chi connectivity index (χ1n) is 6.43. The minimum atomic E-state index is -0.517. The topological polar surface area (TPSA) is 84.3 Å². The first-order chi connectivity index (χ1) is 9.15. The van der Waals surface area contributed by atoms with Gasteiger partial charge in [0.15, 0.2) is 0 Å². The molecule has 0 heterocycles. The Morgan fingerprint density at radius 3 is 2.68 bits per heavy atom. The van der Waals surface area contributed by atoms with Gasteiger partial charge in [-0.3, -0.25) is 10.1 Å². The Morgan fingerprint density at radius 1 is 1.26 bits per heavy atom. The molecular formula is C13H19N3O3. The lowest BCUT2D eigenvalue weighted by atomic mass is 10.2. The molecule has 0 aromatic heterocycles. The van der Waals surface area contributed by atoms with Crippen molar-refractivity contribution >= 4 is 17.4 Å². The average Bonchev–Trinajstić information content (AvgIpc) is 2.39. The van der Waals surface area contributed by atoms with Gasteiger partial charge in [0.05, 0.1) is 4.92 Å². The van der Waals surface area contributed by atoms with E-state index in [-0.39, 0.29) is 11.4 Å². The van der Waals surface area contributed by atoms with Crippen LogP contribution in [0.15, 0.2) is 24.3 Å². The fourth-order valence-corrected chi connectivity index (χ4v) is 1.66. The molecule has 0 unspecified atom stereocenters. The summed E-state index contributed by atoms with van der Waals surface area (Å²) in [7, 11) is 0. The monoisotopic (exact) mass is 265 g/mol. The zero-order valence-electron chi connectivity index (χ0n) is 11.0. The fourth-order valence-electron chi connectivity index (χ4n) is 1.66. The highest BCUT2D eigenvalue weighted by Gasteiger charge is 2.13. The number of benzene rings is 1. The lowest BCUT2D eigenvalue weighted by Crippen LogP contribution is -2.29. The standard InChI is InChI=1S/C13H19N3O3/c1-2-3-4-7-10-14-13(17)15-11-8-5-6-9-12(11)16(18)19/h5-6,8-9H,2-4,7,10H2,1H3,(H2,14,15,17). The Bertz CT molecular complexity index is 435. The number of carbonyl (C=O) groups is 1. The summed E-state index contributed by atoms with van der Waals surface area (Å²) in [4.78, 5) is 21.8. The Labute approximate surface area is 112 Å². The van der Waals surface area contributed by atoms with E-state index < -0.39 is 11.0 Å². The maximum Gasteiger partial charge on any atom is 0.319 e. The van der Waals surface area contributed by atoms with Crippen molar-refractivity contribution in [2.75, 3.05) is 11.9 Å². The van der Waals surface area contributed by atoms with Crippen LogP contribution in [-0.2, 0) is 0 Å². The number of carbonyl (C=O) groups excluding carboxylic acids is 1. The summed E-state index contributed by atoms with van der Waals surface area (Å²) in [5, 5.41) is 15.9. The predicted octanol–water partition coefficient (Wildman–Crippen LogP) is 3.30. The molecular weight excluding hydrogens is 246 g/mol. The van der Waals surface area contributed by atoms with E-state index in [2.05, 4.69) is 17.6 Å². The number of urea groups is 1. The van der Waals surface area contributed by atoms with Crippen LogP contribution >= 0.6 is 0 Å². The second kappa shape index (κ2) is 8.07. The summed E-state index contributed by atoms with van der Waals surface area (Å²) in [5.41, 5.74) is 0.0993. The second-order valence-corrected chi connectivity index (χ2v) is 4.22. The van der Waals surface area contributed by atoms with E-state index in [0.29, 0.717) is 6.54 Å². The van der Waals surface area contributed by atoms with E-state index in [1.165, 1.54) is 12.1 Å². The van der Waals surface area contributed by atoms with Crippen LogP contribution < -0.4 is 10.6 Å². The quantitative estimate of drug-likeness (QED) is 0.450. The van der Waals surface area contributed by atoms with Crippen LogP contribution in [0.1, 0.15) is 32.6 Å². The zero-order valence-corrected chi connectivity index (χ0v) is 11.0. The molecule has 0 fully saturated rings. The molecule has 104 valence electrons. The lowest BCUT2D eigenvalue weighted by Gasteiger charge is -2.07. The molecule has 19 heavy (non-hydrogen) atoms. The number of hydrogen-bond acceptors (Lipinski definition) is 3. The van der Waals surface area contributed by atoms with E-state index >= 15 is 0 Å². The van der Waals surface area contributed by atoms with Gasteiger partial charge in [0.25, 0.3) is 5.69 Å². The van der Waals surface area contributed by atoms with Gasteiger partial charge in [0.1, 0.15) is 5.69 Å². The molecule has 1 rings (SSSR count). The highest BCUT2D eigenvalue weighted by Crippen LogP contribution is 2.22. The van der Waals surface area contributed by atoms with Crippen LogP contribution in [-0.4, -0.2) is 17.5 Å². The number of unbranched alkanes of at least 4 members (excludes halogenated alkanes) is 3. The van der Waals surface area contributed by atoms with Gasteiger partial charge in [0, 0.05) is 12.6 Å². The first kappa shape index (κ1) is 14.9. The minimum absolute atomic E-state index is 0.108. The molecule has 0 spiro atoms. The second-order valence-electron chi connectivity index (χ2n) is 4.22. The van der Waals surface area contributed by atoms with Crippen LogP contribution in [0.4, 0.5) is 16.2 Å². The van der Waals surface area contributed by atoms with Gasteiger partial charge in [-0.1, -0.05) is 38.3 Å². The zero-order chi connectivity index (χ0) is 14.1. The summed E-state index contributed by atoms with van der Waals surface area (Å²) in [6.07, 6.45) is 4.27. The summed E-state index contributed by atoms with van der Waals surface area (Å²) < 4.78 is 0. The smallest absolute Gasteiger partial charge is 0.319 e. The molecule has 1 aromatic rings. The van der Waals surface area contributed by atoms with E-state index in [0.717, 1.165) is 25.7 Å². The number of hydrogen-bond donors (Lipinski definition) is 2. The Hall–Kier alpha value is -2.11. The van der Waals surface area contributed by atoms with Gasteiger partial charge in [-0.2, -0.15) is 0 Å². The normalized spacial score (nSPS) is 9.95. The van der Waals surface area contributed by atoms with Crippen LogP contribution in [0.3, 0.4) is 0 Å². The van der Waals surface area contributed by atoms with Crippen LogP contribution in [0, 0.1) is 10.1 Å². The minimum Gasteiger partial charge on any atom is -0.338 e. The molecule has 0 saturated heterocycles. The molecule has 0 atom stereocenters. The van der Waals surface area contributed by atoms with Gasteiger partial charge in [-0.05, 0) is 12.5 Å². The molecule has 0 bridgehead atoms. The molecule has 0 aliphatic rings. The number of nitro benzene ring substituents is 1. The van der Waals surface area contributed by atoms with Crippen LogP contribution in [0.2, 0.25) is 0 Å². The SMILES string of the molecule is CCCCCCNC(=O)Nc1ccccc1[N+](=O)[O-]. The van der Waals surface area contributed by atoms with Gasteiger partial charge in [0.2, 0.25) is 0 Å². The molecule has 0 aliphatic heterocycles. The van der Waals surface area contributed by atoms with Crippen molar-refractivity contribution in [1.29, 1.82) is 0 Å². The van der Waals surface area contributed by atoms with Crippen molar-refractivity contribution in [3.8, 4) is 0 Å². The van der Waals surface area contributed by atoms with Gasteiger partial charge >= 0.3 is 6.03 Å². The predicted molar refractivity (Wildman–Crippen MR) is 74.3 cm³/mol. The molecule has 0 saturated carbocycles.